The van der Waals surface area contributed by atoms with Crippen LogP contribution in [0.2, 0.25) is 0 Å². The van der Waals surface area contributed by atoms with Crippen molar-refractivity contribution in [1.82, 2.24) is 0 Å². The second-order valence-corrected chi connectivity index (χ2v) is 11.6. The van der Waals surface area contributed by atoms with Crippen molar-refractivity contribution in [2.75, 3.05) is 4.90 Å². The van der Waals surface area contributed by atoms with Gasteiger partial charge >= 0.3 is 0 Å². The third-order valence-electron chi connectivity index (χ3n) is 9.50. The number of nitrogens with zero attached hydrogens (tertiary/aromatic N) is 1. The molecule has 0 amide bonds. The van der Waals surface area contributed by atoms with Gasteiger partial charge in [-0.05, 0) is 113 Å². The molecule has 8 aromatic rings. The van der Waals surface area contributed by atoms with Crippen LogP contribution in [-0.4, -0.2) is 0 Å². The van der Waals surface area contributed by atoms with Gasteiger partial charge in [-0.2, -0.15) is 0 Å². The molecule has 0 spiro atoms. The zero-order chi connectivity index (χ0) is 28.1. The molecule has 0 aliphatic heterocycles. The fourth-order valence-corrected chi connectivity index (χ4v) is 7.79. The van der Waals surface area contributed by atoms with E-state index in [0.717, 1.165) is 17.1 Å². The second kappa shape index (κ2) is 8.44. The lowest BCUT2D eigenvalue weighted by Crippen LogP contribution is -2.09. The molecule has 0 fully saturated rings. The highest BCUT2D eigenvalue weighted by molar-refractivity contribution is 6.34. The highest BCUT2D eigenvalue weighted by Crippen LogP contribution is 2.59. The predicted molar refractivity (Wildman–Crippen MR) is 183 cm³/mol. The topological polar surface area (TPSA) is 3.24 Å². The van der Waals surface area contributed by atoms with Gasteiger partial charge in [0.25, 0.3) is 0 Å². The Labute approximate surface area is 249 Å². The minimum atomic E-state index is 1.15. The quantitative estimate of drug-likeness (QED) is 0.200. The summed E-state index contributed by atoms with van der Waals surface area (Å²) in [5, 5.41) is 8.11. The van der Waals surface area contributed by atoms with Gasteiger partial charge in [-0.1, -0.05) is 115 Å². The van der Waals surface area contributed by atoms with Gasteiger partial charge in [-0.25, -0.2) is 0 Å². The molecule has 0 heterocycles. The van der Waals surface area contributed by atoms with Crippen molar-refractivity contribution in [3.63, 3.8) is 0 Å². The van der Waals surface area contributed by atoms with Gasteiger partial charge in [0, 0.05) is 17.1 Å². The van der Waals surface area contributed by atoms with Crippen LogP contribution in [0.1, 0.15) is 0 Å². The van der Waals surface area contributed by atoms with E-state index >= 15 is 0 Å². The summed E-state index contributed by atoms with van der Waals surface area (Å²) in [6.45, 7) is 0. The van der Waals surface area contributed by atoms with Crippen LogP contribution >= 0.6 is 0 Å². The maximum Gasteiger partial charge on any atom is 0.0468 e. The molecule has 1 heteroatoms. The highest BCUT2D eigenvalue weighted by atomic mass is 15.1. The number of hydrogen-bond acceptors (Lipinski definition) is 1. The first-order chi connectivity index (χ1) is 21.4. The zero-order valence-electron chi connectivity index (χ0n) is 23.4. The minimum absolute atomic E-state index is 1.15. The molecular weight excluding hydrogens is 518 g/mol. The van der Waals surface area contributed by atoms with Crippen LogP contribution in [0.25, 0.3) is 76.8 Å². The van der Waals surface area contributed by atoms with Crippen LogP contribution < -0.4 is 4.90 Å². The average molecular weight is 544 g/mol. The highest BCUT2D eigenvalue weighted by Gasteiger charge is 2.32. The molecule has 0 saturated heterocycles. The summed E-state index contributed by atoms with van der Waals surface area (Å²) < 4.78 is 0. The van der Waals surface area contributed by atoms with Crippen molar-refractivity contribution in [1.29, 1.82) is 0 Å². The van der Waals surface area contributed by atoms with Crippen molar-refractivity contribution in [3.05, 3.63) is 152 Å². The molecule has 2 aliphatic rings. The van der Waals surface area contributed by atoms with E-state index in [4.69, 9.17) is 0 Å². The Balaban J connectivity index is 1.24. The predicted octanol–water partition coefficient (Wildman–Crippen LogP) is 11.9. The van der Waals surface area contributed by atoms with E-state index in [1.54, 1.807) is 0 Å². The molecule has 0 unspecified atom stereocenters. The first kappa shape index (κ1) is 23.0. The summed E-state index contributed by atoms with van der Waals surface area (Å²) in [7, 11) is 0. The molecule has 0 aromatic heterocycles. The summed E-state index contributed by atoms with van der Waals surface area (Å²) in [4.78, 5) is 2.35. The van der Waals surface area contributed by atoms with E-state index in [1.165, 1.54) is 76.8 Å². The van der Waals surface area contributed by atoms with Crippen molar-refractivity contribution in [3.8, 4) is 44.5 Å². The Bertz CT molecular complexity index is 2330. The van der Waals surface area contributed by atoms with Crippen LogP contribution in [0.3, 0.4) is 0 Å². The van der Waals surface area contributed by atoms with Crippen LogP contribution in [0.4, 0.5) is 17.1 Å². The number of para-hydroxylation sites is 2. The fourth-order valence-electron chi connectivity index (χ4n) is 7.79. The van der Waals surface area contributed by atoms with Crippen molar-refractivity contribution in [2.45, 2.75) is 0 Å². The lowest BCUT2D eigenvalue weighted by atomic mass is 9.90. The number of hydrogen-bond donors (Lipinski definition) is 0. The first-order valence-electron chi connectivity index (χ1n) is 15.0. The number of benzene rings is 8. The van der Waals surface area contributed by atoms with Gasteiger partial charge in [0.15, 0.2) is 0 Å². The van der Waals surface area contributed by atoms with Gasteiger partial charge in [0.1, 0.15) is 0 Å². The fraction of sp³-hybridized carbons (Fsp3) is 0. The molecule has 0 radical (unpaired) electrons. The van der Waals surface area contributed by atoms with Gasteiger partial charge in [-0.15, -0.1) is 0 Å². The molecule has 43 heavy (non-hydrogen) atoms. The Hall–Kier alpha value is -5.66. The smallest absolute Gasteiger partial charge is 0.0468 e. The lowest BCUT2D eigenvalue weighted by Gasteiger charge is -2.26. The Morgan fingerprint density at radius 1 is 0.279 bits per heavy atom. The van der Waals surface area contributed by atoms with E-state index in [2.05, 4.69) is 157 Å². The molecular formula is C42H25N. The van der Waals surface area contributed by atoms with Gasteiger partial charge in [0.05, 0.1) is 0 Å². The molecule has 0 atom stereocenters. The molecule has 0 bridgehead atoms. The minimum Gasteiger partial charge on any atom is -0.310 e. The third-order valence-corrected chi connectivity index (χ3v) is 9.50. The molecule has 8 aromatic carbocycles. The van der Waals surface area contributed by atoms with E-state index in [9.17, 15) is 0 Å². The van der Waals surface area contributed by atoms with Gasteiger partial charge in [-0.3, -0.25) is 0 Å². The average Bonchev–Trinajstić information content (AvgIpc) is 3.58. The number of rotatable bonds is 3. The summed E-state index contributed by atoms with van der Waals surface area (Å²) >= 11 is 0. The second-order valence-electron chi connectivity index (χ2n) is 11.6. The molecule has 0 saturated carbocycles. The van der Waals surface area contributed by atoms with E-state index in [1.807, 2.05) is 0 Å². The molecule has 2 aliphatic carbocycles. The van der Waals surface area contributed by atoms with Gasteiger partial charge in [0.2, 0.25) is 0 Å². The largest absolute Gasteiger partial charge is 0.310 e. The number of anilines is 3. The van der Waals surface area contributed by atoms with Crippen molar-refractivity contribution >= 4 is 49.4 Å². The zero-order valence-corrected chi connectivity index (χ0v) is 23.4. The van der Waals surface area contributed by atoms with Crippen molar-refractivity contribution < 1.29 is 0 Å². The maximum absolute atomic E-state index is 2.39. The SMILES string of the molecule is c1ccc(N(c2ccccc2)c2ccc3c(c2)-c2ccc4c5c(ccc-3c25)-c2c-4c3ccccc3c3ccccc23)cc1. The van der Waals surface area contributed by atoms with Crippen LogP contribution in [0.15, 0.2) is 152 Å². The van der Waals surface area contributed by atoms with E-state index in [-0.39, 0.29) is 0 Å². The first-order valence-corrected chi connectivity index (χ1v) is 15.0. The molecule has 198 valence electrons. The Kier molecular flexibility index (Phi) is 4.51. The van der Waals surface area contributed by atoms with Crippen LogP contribution in [-0.2, 0) is 0 Å². The Morgan fingerprint density at radius 2 is 0.698 bits per heavy atom. The molecule has 1 nitrogen and oxygen atoms in total. The molecule has 0 N–H and O–H groups in total. The summed E-state index contributed by atoms with van der Waals surface area (Å²) in [6.07, 6.45) is 0. The van der Waals surface area contributed by atoms with Crippen LogP contribution in [0.5, 0.6) is 0 Å². The van der Waals surface area contributed by atoms with Crippen LogP contribution in [0, 0.1) is 0 Å². The lowest BCUT2D eigenvalue weighted by molar-refractivity contribution is 1.28. The third kappa shape index (κ3) is 3.01. The monoisotopic (exact) mass is 543 g/mol. The Morgan fingerprint density at radius 3 is 1.26 bits per heavy atom. The van der Waals surface area contributed by atoms with Crippen molar-refractivity contribution in [2.24, 2.45) is 0 Å². The number of fused-ring (bicyclic) bond motifs is 11. The normalized spacial score (nSPS) is 12.2. The maximum atomic E-state index is 2.39. The van der Waals surface area contributed by atoms with Gasteiger partial charge < -0.3 is 4.90 Å². The van der Waals surface area contributed by atoms with E-state index < -0.39 is 0 Å². The summed E-state index contributed by atoms with van der Waals surface area (Å²) in [6, 6.07) is 55.6. The summed E-state index contributed by atoms with van der Waals surface area (Å²) in [5.74, 6) is 0. The van der Waals surface area contributed by atoms with E-state index in [0.29, 0.717) is 0 Å². The summed E-state index contributed by atoms with van der Waals surface area (Å²) in [5.41, 5.74) is 14.2. The molecule has 10 rings (SSSR count). The standard InChI is InChI=1S/C42H25N/c1-3-11-26(12-4-1)43(27-13-5-2-6-14-27)28-19-20-31-34-21-23-36-40-32-17-9-7-15-29(32)30-16-8-10-18-33(30)41(40)37-24-22-35(38(31)25-28)39(34)42(36)37/h1-25H.